The Bertz CT molecular complexity index is 2290. The third-order valence-corrected chi connectivity index (χ3v) is 14.1. The van der Waals surface area contributed by atoms with Crippen molar-refractivity contribution in [3.63, 3.8) is 0 Å². The zero-order valence-electron chi connectivity index (χ0n) is 37.2. The summed E-state index contributed by atoms with van der Waals surface area (Å²) in [6.45, 7) is 7.17. The van der Waals surface area contributed by atoms with Gasteiger partial charge in [-0.1, -0.05) is 46.5 Å². The minimum Gasteiger partial charge on any atom is -0.352 e. The molecule has 1 saturated carbocycles. The number of likely N-dealkylation sites (N-methyl/N-ethyl adjacent to an activating group) is 1. The monoisotopic (exact) mass is 877 g/mol. The van der Waals surface area contributed by atoms with Crippen molar-refractivity contribution in [3.8, 4) is 11.5 Å². The van der Waals surface area contributed by atoms with Crippen molar-refractivity contribution < 1.29 is 36.7 Å². The number of amides is 3. The average Bonchev–Trinajstić information content (AvgIpc) is 4.03. The number of benzene rings is 2. The molecule has 3 aliphatic rings. The zero-order valence-corrected chi connectivity index (χ0v) is 37.2. The number of halogens is 4. The molecular weight excluding hydrogens is 815 g/mol. The summed E-state index contributed by atoms with van der Waals surface area (Å²) in [5, 5.41) is 6.54. The number of nitrogens with zero attached hydrogens (tertiary/aromatic N) is 4. The van der Waals surface area contributed by atoms with Crippen molar-refractivity contribution in [2.45, 2.75) is 148 Å². The number of ketones is 1. The van der Waals surface area contributed by atoms with Gasteiger partial charge < -0.3 is 30.0 Å². The van der Waals surface area contributed by atoms with E-state index in [1.807, 2.05) is 18.4 Å². The van der Waals surface area contributed by atoms with Crippen LogP contribution in [0.5, 0.6) is 0 Å². The van der Waals surface area contributed by atoms with Gasteiger partial charge in [0.1, 0.15) is 35.8 Å². The highest BCUT2D eigenvalue weighted by molar-refractivity contribution is 5.93. The summed E-state index contributed by atoms with van der Waals surface area (Å²) in [5.74, 6) is -2.50. The van der Waals surface area contributed by atoms with Crippen LogP contribution in [0.3, 0.4) is 0 Å². The first kappa shape index (κ1) is 46.2. The summed E-state index contributed by atoms with van der Waals surface area (Å²) in [6.07, 6.45) is 3.90. The summed E-state index contributed by atoms with van der Waals surface area (Å²) >= 11 is 0. The Kier molecular flexibility index (Phi) is 14.6. The zero-order chi connectivity index (χ0) is 45.1. The molecule has 0 radical (unpaired) electrons. The van der Waals surface area contributed by atoms with E-state index in [0.29, 0.717) is 58.3 Å². The number of carbonyl (C=O) groups is 4. The number of hydrogen-bond donors (Lipinski definition) is 3. The van der Waals surface area contributed by atoms with Crippen molar-refractivity contribution in [1.29, 1.82) is 0 Å². The number of Topliss-reactive ketones (excluding diaryl/α,β-unsaturated/α-hetero) is 1. The Morgan fingerprint density at radius 3 is 2.24 bits per heavy atom. The molecule has 15 heteroatoms. The summed E-state index contributed by atoms with van der Waals surface area (Å²) in [4.78, 5) is 66.7. The fraction of sp³-hybridized carbons (Fsp3) is 0.604. The largest absolute Gasteiger partial charge is 0.352 e. The molecule has 0 spiro atoms. The van der Waals surface area contributed by atoms with E-state index in [4.69, 9.17) is 4.98 Å². The Morgan fingerprint density at radius 2 is 1.56 bits per heavy atom. The molecule has 4 aromatic rings. The molecule has 3 amide bonds. The number of aromatic amines is 1. The maximum Gasteiger partial charge on any atom is 0.245 e. The van der Waals surface area contributed by atoms with Crippen LogP contribution >= 0.6 is 0 Å². The highest BCUT2D eigenvalue weighted by atomic mass is 19.1. The predicted octanol–water partition coefficient (Wildman–Crippen LogP) is 7.98. The molecule has 2 aromatic carbocycles. The van der Waals surface area contributed by atoms with Crippen LogP contribution in [0.25, 0.3) is 33.5 Å². The number of aromatic nitrogens is 3. The van der Waals surface area contributed by atoms with E-state index in [1.165, 1.54) is 29.2 Å². The molecule has 0 unspecified atom stereocenters. The van der Waals surface area contributed by atoms with E-state index < -0.39 is 54.1 Å². The van der Waals surface area contributed by atoms with Gasteiger partial charge in [0.15, 0.2) is 5.82 Å². The molecular formula is C48H63F4N7O4. The first-order chi connectivity index (χ1) is 30.2. The number of carbonyl (C=O) groups excluding carboxylic acids is 4. The van der Waals surface area contributed by atoms with Crippen LogP contribution in [0.2, 0.25) is 0 Å². The van der Waals surface area contributed by atoms with Gasteiger partial charge in [0.2, 0.25) is 17.7 Å². The molecule has 3 N–H and O–H groups in total. The molecule has 342 valence electrons. The van der Waals surface area contributed by atoms with Crippen molar-refractivity contribution in [2.24, 2.45) is 17.8 Å². The van der Waals surface area contributed by atoms with Crippen LogP contribution < -0.4 is 10.6 Å². The highest BCUT2D eigenvalue weighted by Gasteiger charge is 2.43. The van der Waals surface area contributed by atoms with Gasteiger partial charge in [-0.25, -0.2) is 22.5 Å². The number of nitrogens with one attached hydrogen (secondary N) is 3. The summed E-state index contributed by atoms with van der Waals surface area (Å²) in [7, 11) is 1.71. The molecule has 11 nitrogen and oxygen atoms in total. The number of likely N-dealkylation sites (tertiary alicyclic amines) is 2. The number of hydrogen-bond acceptors (Lipinski definition) is 6. The van der Waals surface area contributed by atoms with Gasteiger partial charge >= 0.3 is 0 Å². The fourth-order valence-electron chi connectivity index (χ4n) is 10.2. The molecule has 2 aromatic heterocycles. The van der Waals surface area contributed by atoms with Gasteiger partial charge in [0.25, 0.3) is 0 Å². The molecule has 7 rings (SSSR count). The molecule has 3 fully saturated rings. The second kappa shape index (κ2) is 19.9. The molecule has 2 saturated heterocycles. The molecule has 8 atom stereocenters. The van der Waals surface area contributed by atoms with Crippen molar-refractivity contribution in [2.75, 3.05) is 20.1 Å². The van der Waals surface area contributed by atoms with E-state index in [0.717, 1.165) is 32.1 Å². The minimum absolute atomic E-state index is 0.00451. The topological polar surface area (TPSA) is 132 Å². The number of fused-ring (bicyclic) bond motifs is 2. The first-order valence-electron chi connectivity index (χ1n) is 23.1. The smallest absolute Gasteiger partial charge is 0.245 e. The number of imidazole rings is 1. The predicted molar refractivity (Wildman–Crippen MR) is 235 cm³/mol. The Hall–Kier alpha value is -4.79. The van der Waals surface area contributed by atoms with Crippen LogP contribution in [0.4, 0.5) is 17.6 Å². The summed E-state index contributed by atoms with van der Waals surface area (Å²) in [6, 6.07) is 5.94. The molecule has 2 aliphatic heterocycles. The lowest BCUT2D eigenvalue weighted by Crippen LogP contribution is -2.51. The van der Waals surface area contributed by atoms with E-state index >= 15 is 8.78 Å². The van der Waals surface area contributed by atoms with Gasteiger partial charge in [-0.2, -0.15) is 0 Å². The van der Waals surface area contributed by atoms with Gasteiger partial charge in [-0.05, 0) is 87.9 Å². The second-order valence-electron chi connectivity index (χ2n) is 18.4. The molecule has 63 heavy (non-hydrogen) atoms. The lowest BCUT2D eigenvalue weighted by molar-refractivity contribution is -0.141. The van der Waals surface area contributed by atoms with Gasteiger partial charge in [-0.15, -0.1) is 0 Å². The molecule has 1 aliphatic carbocycles. The van der Waals surface area contributed by atoms with Crippen LogP contribution in [-0.4, -0.2) is 104 Å². The van der Waals surface area contributed by atoms with Crippen LogP contribution in [0.1, 0.15) is 104 Å². The third kappa shape index (κ3) is 9.98. The minimum atomic E-state index is -1.33. The van der Waals surface area contributed by atoms with Crippen molar-refractivity contribution in [1.82, 2.24) is 35.0 Å². The number of rotatable bonds is 17. The fourth-order valence-corrected chi connectivity index (χ4v) is 10.2. The first-order valence-corrected chi connectivity index (χ1v) is 23.1. The van der Waals surface area contributed by atoms with Crippen molar-refractivity contribution in [3.05, 3.63) is 53.6 Å². The third-order valence-electron chi connectivity index (χ3n) is 14.1. The second-order valence-corrected chi connectivity index (χ2v) is 18.4. The molecule has 0 bridgehead atoms. The molecule has 4 heterocycles. The van der Waals surface area contributed by atoms with E-state index in [2.05, 4.69) is 15.6 Å². The van der Waals surface area contributed by atoms with E-state index in [-0.39, 0.29) is 80.7 Å². The quantitative estimate of drug-likeness (QED) is 0.0923. The Morgan fingerprint density at radius 1 is 0.889 bits per heavy atom. The van der Waals surface area contributed by atoms with Gasteiger partial charge in [0.05, 0.1) is 41.9 Å². The maximum atomic E-state index is 15.7. The number of H-pyrrole nitrogens is 1. The van der Waals surface area contributed by atoms with E-state index in [1.54, 1.807) is 37.9 Å². The van der Waals surface area contributed by atoms with Gasteiger partial charge in [0, 0.05) is 60.7 Å². The standard InChI is InChI=1S/C48H63F4N7O4/c1-6-11-39(56-46(61)27(3)7-2)48(63)58-25-33(52)19-35(58)26-59-42-17-15-31(50)21-41(42)55-45(59)44-38(36-16-14-30(49)20-40(36)54-44)22-34-18-32(51)24-57(34)47(62)37(23-43(60)28(4)53-5)29-12-9-8-10-13-29/h14-17,20-21,27-29,32-35,37,39,53-54H,6-13,18-19,22-26H2,1-5H3,(H,56,61)/t27-,28+,32+,33+,34+,35+,37+,39+/m1/s1. The Balaban J connectivity index is 1.27. The Labute approximate surface area is 367 Å². The SMILES string of the molecule is CCC[C@H](NC(=O)[C@H](C)CC)C(=O)N1C[C@@H](F)C[C@H]1Cn1c(-c2[nH]c3cc(F)ccc3c2C[C@@H]2C[C@H](F)CN2C(=O)[C@@H](CC(=O)[C@H](C)NC)C2CCCCC2)nc2cc(F)ccc21. The summed E-state index contributed by atoms with van der Waals surface area (Å²) < 4.78 is 62.9. The van der Waals surface area contributed by atoms with Crippen LogP contribution in [-0.2, 0) is 32.1 Å². The van der Waals surface area contributed by atoms with Crippen LogP contribution in [0.15, 0.2) is 36.4 Å². The normalized spacial score (nSPS) is 22.7. The number of alkyl halides is 2. The van der Waals surface area contributed by atoms with E-state index in [9.17, 15) is 28.0 Å². The van der Waals surface area contributed by atoms with Gasteiger partial charge in [-0.3, -0.25) is 19.2 Å². The summed E-state index contributed by atoms with van der Waals surface area (Å²) in [5.41, 5.74) is 2.34. The average molecular weight is 878 g/mol. The van der Waals surface area contributed by atoms with Crippen LogP contribution in [0, 0.1) is 29.4 Å². The lowest BCUT2D eigenvalue weighted by atomic mass is 9.76. The highest BCUT2D eigenvalue weighted by Crippen LogP contribution is 2.39. The lowest BCUT2D eigenvalue weighted by Gasteiger charge is -2.35. The van der Waals surface area contributed by atoms with Crippen molar-refractivity contribution >= 4 is 45.4 Å². The maximum absolute atomic E-state index is 15.7.